The van der Waals surface area contributed by atoms with E-state index in [1.807, 2.05) is 0 Å². The Bertz CT molecular complexity index is 121. The second-order valence-corrected chi connectivity index (χ2v) is 1.99. The van der Waals surface area contributed by atoms with Crippen molar-refractivity contribution < 1.29 is 9.53 Å². The Morgan fingerprint density at radius 3 is 2.62 bits per heavy atom. The molecule has 44 valence electrons. The van der Waals surface area contributed by atoms with Gasteiger partial charge in [-0.3, -0.25) is 4.79 Å². The normalized spacial score (nSPS) is 28.4. The zero-order chi connectivity index (χ0) is 6.15. The van der Waals surface area contributed by atoms with Gasteiger partial charge in [0.05, 0.1) is 5.92 Å². The molecule has 0 amide bonds. The Morgan fingerprint density at radius 2 is 2.50 bits per heavy atom. The number of rotatable bonds is 0. The van der Waals surface area contributed by atoms with Gasteiger partial charge >= 0.3 is 5.97 Å². The van der Waals surface area contributed by atoms with Gasteiger partial charge in [-0.25, -0.2) is 0 Å². The molecule has 2 heteroatoms. The lowest BCUT2D eigenvalue weighted by atomic mass is 10.1. The van der Waals surface area contributed by atoms with Crippen LogP contribution in [-0.2, 0) is 9.53 Å². The summed E-state index contributed by atoms with van der Waals surface area (Å²) in [5.74, 6) is -0.218. The van der Waals surface area contributed by atoms with Crippen LogP contribution in [0.2, 0.25) is 0 Å². The molecule has 0 N–H and O–H groups in total. The van der Waals surface area contributed by atoms with Crippen molar-refractivity contribution >= 4 is 5.97 Å². The van der Waals surface area contributed by atoms with E-state index in [-0.39, 0.29) is 11.9 Å². The number of hydrogen-bond acceptors (Lipinski definition) is 2. The maximum absolute atomic E-state index is 10.5. The van der Waals surface area contributed by atoms with Crippen molar-refractivity contribution in [2.24, 2.45) is 5.92 Å². The van der Waals surface area contributed by atoms with Crippen LogP contribution in [0.25, 0.3) is 0 Å². The van der Waals surface area contributed by atoms with E-state index >= 15 is 0 Å². The first-order valence-corrected chi connectivity index (χ1v) is 2.56. The summed E-state index contributed by atoms with van der Waals surface area (Å²) in [7, 11) is 0. The highest BCUT2D eigenvalue weighted by Gasteiger charge is 2.24. The summed E-state index contributed by atoms with van der Waals surface area (Å²) in [4.78, 5) is 10.5. The zero-order valence-electron chi connectivity index (χ0n) is 4.81. The number of carbonyl (C=O) groups is 1. The molecule has 0 aromatic rings. The second-order valence-electron chi connectivity index (χ2n) is 1.99. The summed E-state index contributed by atoms with van der Waals surface area (Å²) in [5, 5.41) is 0. The first-order chi connectivity index (χ1) is 3.72. The van der Waals surface area contributed by atoms with Gasteiger partial charge in [0.15, 0.2) is 0 Å². The first-order valence-electron chi connectivity index (χ1n) is 2.56. The summed E-state index contributed by atoms with van der Waals surface area (Å²) in [6.45, 7) is 5.86. The third-order valence-electron chi connectivity index (χ3n) is 1.37. The fraction of sp³-hybridized carbons (Fsp3) is 0.500. The molecule has 8 heavy (non-hydrogen) atoms. The van der Waals surface area contributed by atoms with Crippen LogP contribution in [0.15, 0.2) is 12.2 Å². The third kappa shape index (κ3) is 0.619. The van der Waals surface area contributed by atoms with E-state index in [9.17, 15) is 4.79 Å². The van der Waals surface area contributed by atoms with Crippen molar-refractivity contribution in [1.82, 2.24) is 0 Å². The van der Waals surface area contributed by atoms with Gasteiger partial charge < -0.3 is 4.74 Å². The van der Waals surface area contributed by atoms with E-state index in [0.717, 1.165) is 5.57 Å². The molecule has 1 aliphatic rings. The van der Waals surface area contributed by atoms with Crippen molar-refractivity contribution in [2.75, 3.05) is 6.61 Å². The van der Waals surface area contributed by atoms with Crippen LogP contribution in [0, 0.1) is 5.92 Å². The average Bonchev–Trinajstić information content (AvgIpc) is 1.98. The Kier molecular flexibility index (Phi) is 1.08. The molecule has 2 nitrogen and oxygen atoms in total. The quantitative estimate of drug-likeness (QED) is 0.341. The highest BCUT2D eigenvalue weighted by Crippen LogP contribution is 2.17. The van der Waals surface area contributed by atoms with Crippen LogP contribution in [0.1, 0.15) is 6.92 Å². The van der Waals surface area contributed by atoms with E-state index in [4.69, 9.17) is 0 Å². The largest absolute Gasteiger partial charge is 0.461 e. The lowest BCUT2D eigenvalue weighted by molar-refractivity contribution is -0.140. The summed E-state index contributed by atoms with van der Waals surface area (Å²) >= 11 is 0. The Morgan fingerprint density at radius 1 is 1.88 bits per heavy atom. The molecule has 0 radical (unpaired) electrons. The minimum absolute atomic E-state index is 0.0741. The fourth-order valence-corrected chi connectivity index (χ4v) is 0.580. The molecule has 0 bridgehead atoms. The molecule has 1 rings (SSSR count). The van der Waals surface area contributed by atoms with Crippen LogP contribution in [0.3, 0.4) is 0 Å². The maximum atomic E-state index is 10.5. The highest BCUT2D eigenvalue weighted by atomic mass is 16.5. The van der Waals surface area contributed by atoms with Gasteiger partial charge in [0.2, 0.25) is 0 Å². The van der Waals surface area contributed by atoms with Crippen LogP contribution < -0.4 is 0 Å². The predicted octanol–water partition coefficient (Wildman–Crippen LogP) is 0.736. The Labute approximate surface area is 48.1 Å². The summed E-state index contributed by atoms with van der Waals surface area (Å²) in [6.07, 6.45) is 0. The number of carbonyl (C=O) groups excluding carboxylic acids is 1. The van der Waals surface area contributed by atoms with Crippen LogP contribution in [0.5, 0.6) is 0 Å². The molecule has 1 aliphatic heterocycles. The van der Waals surface area contributed by atoms with Gasteiger partial charge in [-0.2, -0.15) is 0 Å². The monoisotopic (exact) mass is 112 g/mol. The number of cyclic esters (lactones) is 1. The van der Waals surface area contributed by atoms with E-state index in [0.29, 0.717) is 6.61 Å². The van der Waals surface area contributed by atoms with Crippen molar-refractivity contribution in [3.63, 3.8) is 0 Å². The number of ether oxygens (including phenoxy) is 1. The molecule has 0 aromatic carbocycles. The number of esters is 1. The second kappa shape index (κ2) is 1.62. The van der Waals surface area contributed by atoms with Crippen LogP contribution in [0.4, 0.5) is 0 Å². The topological polar surface area (TPSA) is 26.3 Å². The molecule has 1 heterocycles. The minimum atomic E-state index is -0.144. The lowest BCUT2D eigenvalue weighted by Gasteiger charge is -1.91. The lowest BCUT2D eigenvalue weighted by Crippen LogP contribution is -2.02. The smallest absolute Gasteiger partial charge is 0.313 e. The summed E-state index contributed by atoms with van der Waals surface area (Å²) < 4.78 is 4.64. The zero-order valence-corrected chi connectivity index (χ0v) is 4.81. The van der Waals surface area contributed by atoms with Crippen LogP contribution >= 0.6 is 0 Å². The molecule has 1 fully saturated rings. The Balaban J connectivity index is 2.70. The average molecular weight is 112 g/mol. The Hall–Kier alpha value is -0.790. The first kappa shape index (κ1) is 5.35. The molecule has 0 saturated carbocycles. The van der Waals surface area contributed by atoms with Gasteiger partial charge in [-0.15, -0.1) is 0 Å². The molecular formula is C6H8O2. The van der Waals surface area contributed by atoms with Crippen molar-refractivity contribution in [2.45, 2.75) is 6.92 Å². The SMILES string of the molecule is C=C1COC(=O)C1C. The summed E-state index contributed by atoms with van der Waals surface area (Å²) in [5.41, 5.74) is 0.884. The summed E-state index contributed by atoms with van der Waals surface area (Å²) in [6, 6.07) is 0. The van der Waals surface area contributed by atoms with Gasteiger partial charge in [-0.1, -0.05) is 6.58 Å². The van der Waals surface area contributed by atoms with Gasteiger partial charge in [0.1, 0.15) is 6.61 Å². The standard InChI is InChI=1S/C6H8O2/c1-4-3-8-6(7)5(4)2/h5H,1,3H2,2H3. The van der Waals surface area contributed by atoms with Gasteiger partial charge in [0, 0.05) is 0 Å². The van der Waals surface area contributed by atoms with E-state index < -0.39 is 0 Å². The molecule has 0 aromatic heterocycles. The molecule has 0 aliphatic carbocycles. The van der Waals surface area contributed by atoms with Gasteiger partial charge in [0.25, 0.3) is 0 Å². The van der Waals surface area contributed by atoms with Crippen molar-refractivity contribution in [1.29, 1.82) is 0 Å². The molecule has 1 unspecified atom stereocenters. The fourth-order valence-electron chi connectivity index (χ4n) is 0.580. The van der Waals surface area contributed by atoms with E-state index in [2.05, 4.69) is 11.3 Å². The minimum Gasteiger partial charge on any atom is -0.461 e. The van der Waals surface area contributed by atoms with Gasteiger partial charge in [-0.05, 0) is 12.5 Å². The van der Waals surface area contributed by atoms with Crippen molar-refractivity contribution in [3.05, 3.63) is 12.2 Å². The van der Waals surface area contributed by atoms with E-state index in [1.54, 1.807) is 6.92 Å². The molecule has 0 spiro atoms. The molecule has 1 atom stereocenters. The van der Waals surface area contributed by atoms with Crippen LogP contribution in [-0.4, -0.2) is 12.6 Å². The molecular weight excluding hydrogens is 104 g/mol. The predicted molar refractivity (Wildman–Crippen MR) is 29.3 cm³/mol. The van der Waals surface area contributed by atoms with E-state index in [1.165, 1.54) is 0 Å². The van der Waals surface area contributed by atoms with Crippen molar-refractivity contribution in [3.8, 4) is 0 Å². The highest BCUT2D eigenvalue weighted by molar-refractivity contribution is 5.78. The third-order valence-corrected chi connectivity index (χ3v) is 1.37. The number of hydrogen-bond donors (Lipinski definition) is 0. The molecule has 1 saturated heterocycles. The maximum Gasteiger partial charge on any atom is 0.313 e.